The highest BCUT2D eigenvalue weighted by molar-refractivity contribution is 6.21. The summed E-state index contributed by atoms with van der Waals surface area (Å²) in [5, 5.41) is 0.560. The fourth-order valence-corrected chi connectivity index (χ4v) is 2.24. The lowest BCUT2D eigenvalue weighted by molar-refractivity contribution is 0.305. The van der Waals surface area contributed by atoms with Gasteiger partial charge in [-0.2, -0.15) is 0 Å². The molecule has 0 N–H and O–H groups in total. The van der Waals surface area contributed by atoms with Gasteiger partial charge in [0.2, 0.25) is 0 Å². The van der Waals surface area contributed by atoms with Crippen LogP contribution in [0.25, 0.3) is 0 Å². The molecule has 3 aliphatic rings. The predicted octanol–water partition coefficient (Wildman–Crippen LogP) is 2.02. The van der Waals surface area contributed by atoms with E-state index in [1.807, 2.05) is 0 Å². The smallest absolute Gasteiger partial charge is 0.0367 e. The second-order valence-corrected chi connectivity index (χ2v) is 3.41. The van der Waals surface area contributed by atoms with Gasteiger partial charge < -0.3 is 0 Å². The average molecular weight is 117 g/mol. The van der Waals surface area contributed by atoms with E-state index in [2.05, 4.69) is 0 Å². The molecule has 1 heteroatoms. The van der Waals surface area contributed by atoms with Crippen molar-refractivity contribution < 1.29 is 0 Å². The summed E-state index contributed by atoms with van der Waals surface area (Å²) >= 11 is 5.90. The van der Waals surface area contributed by atoms with Gasteiger partial charge in [0.25, 0.3) is 0 Å². The zero-order valence-electron chi connectivity index (χ0n) is 4.23. The third-order valence-electron chi connectivity index (χ3n) is 2.34. The molecule has 3 saturated carbocycles. The minimum absolute atomic E-state index is 0.560. The Morgan fingerprint density at radius 1 is 1.14 bits per heavy atom. The second kappa shape index (κ2) is 1.17. The highest BCUT2D eigenvalue weighted by Crippen LogP contribution is 2.50. The van der Waals surface area contributed by atoms with Crippen molar-refractivity contribution >= 4 is 11.6 Å². The highest BCUT2D eigenvalue weighted by atomic mass is 35.5. The second-order valence-electron chi connectivity index (χ2n) is 2.85. The molecule has 0 spiro atoms. The molecule has 0 aromatic rings. The standard InChI is InChI=1S/C6H9Cl/c7-6-3-4-1-5(6)2-4/h4-6H,1-3H2. The lowest BCUT2D eigenvalue weighted by Crippen LogP contribution is -2.13. The van der Waals surface area contributed by atoms with E-state index in [1.165, 1.54) is 19.3 Å². The van der Waals surface area contributed by atoms with Crippen molar-refractivity contribution in [3.63, 3.8) is 0 Å². The van der Waals surface area contributed by atoms with Gasteiger partial charge in [-0.1, -0.05) is 0 Å². The van der Waals surface area contributed by atoms with E-state index < -0.39 is 0 Å². The van der Waals surface area contributed by atoms with Crippen molar-refractivity contribution in [2.45, 2.75) is 24.6 Å². The Labute approximate surface area is 48.9 Å². The van der Waals surface area contributed by atoms with E-state index in [4.69, 9.17) is 11.6 Å². The Kier molecular flexibility index (Phi) is 0.699. The quantitative estimate of drug-likeness (QED) is 0.425. The van der Waals surface area contributed by atoms with E-state index in [-0.39, 0.29) is 0 Å². The van der Waals surface area contributed by atoms with E-state index in [1.54, 1.807) is 0 Å². The third-order valence-corrected chi connectivity index (χ3v) is 2.88. The maximum Gasteiger partial charge on any atom is 0.0367 e. The molecule has 0 aliphatic heterocycles. The summed E-state index contributed by atoms with van der Waals surface area (Å²) in [5.74, 6) is 1.96. The summed E-state index contributed by atoms with van der Waals surface area (Å²) in [6.07, 6.45) is 4.19. The lowest BCUT2D eigenvalue weighted by atomic mass is 9.85. The van der Waals surface area contributed by atoms with Gasteiger partial charge in [0.15, 0.2) is 0 Å². The minimum Gasteiger partial charge on any atom is -0.123 e. The summed E-state index contributed by atoms with van der Waals surface area (Å²) in [6, 6.07) is 0. The molecule has 3 rings (SSSR count). The molecule has 40 valence electrons. The van der Waals surface area contributed by atoms with Crippen molar-refractivity contribution in [3.8, 4) is 0 Å². The molecule has 1 unspecified atom stereocenters. The Balaban J connectivity index is 2.13. The van der Waals surface area contributed by atoms with Gasteiger partial charge in [-0.3, -0.25) is 0 Å². The van der Waals surface area contributed by atoms with E-state index in [9.17, 15) is 0 Å². The summed E-state index contributed by atoms with van der Waals surface area (Å²) < 4.78 is 0. The summed E-state index contributed by atoms with van der Waals surface area (Å²) in [7, 11) is 0. The molecule has 0 heterocycles. The molecule has 3 aliphatic carbocycles. The van der Waals surface area contributed by atoms with Crippen molar-refractivity contribution in [2.24, 2.45) is 11.8 Å². The first-order valence-electron chi connectivity index (χ1n) is 3.00. The molecule has 3 fully saturated rings. The van der Waals surface area contributed by atoms with Gasteiger partial charge in [-0.25, -0.2) is 0 Å². The average Bonchev–Trinajstić information content (AvgIpc) is 1.85. The first kappa shape index (κ1) is 4.20. The maximum absolute atomic E-state index is 5.90. The highest BCUT2D eigenvalue weighted by Gasteiger charge is 2.42. The van der Waals surface area contributed by atoms with Crippen molar-refractivity contribution in [1.29, 1.82) is 0 Å². The topological polar surface area (TPSA) is 0 Å². The van der Waals surface area contributed by atoms with Crippen LogP contribution in [-0.4, -0.2) is 5.38 Å². The number of fused-ring (bicyclic) bond motifs is 1. The van der Waals surface area contributed by atoms with Crippen LogP contribution in [0.2, 0.25) is 0 Å². The normalized spacial score (nSPS) is 57.0. The fraction of sp³-hybridized carbons (Fsp3) is 1.00. The van der Waals surface area contributed by atoms with Crippen LogP contribution in [0.1, 0.15) is 19.3 Å². The first-order chi connectivity index (χ1) is 3.36. The molecule has 7 heavy (non-hydrogen) atoms. The number of rotatable bonds is 0. The fourth-order valence-electron chi connectivity index (χ4n) is 1.79. The zero-order chi connectivity index (χ0) is 4.85. The Morgan fingerprint density at radius 3 is 2.00 bits per heavy atom. The van der Waals surface area contributed by atoms with Crippen LogP contribution in [0, 0.1) is 11.8 Å². The van der Waals surface area contributed by atoms with Gasteiger partial charge in [0.05, 0.1) is 0 Å². The SMILES string of the molecule is ClC1CC2CC1C2. The van der Waals surface area contributed by atoms with Crippen LogP contribution in [0.15, 0.2) is 0 Å². The van der Waals surface area contributed by atoms with Gasteiger partial charge in [0.1, 0.15) is 0 Å². The van der Waals surface area contributed by atoms with Gasteiger partial charge >= 0.3 is 0 Å². The van der Waals surface area contributed by atoms with Gasteiger partial charge in [-0.05, 0) is 31.1 Å². The number of alkyl halides is 1. The molecule has 0 aromatic heterocycles. The van der Waals surface area contributed by atoms with Gasteiger partial charge in [0, 0.05) is 5.38 Å². The summed E-state index contributed by atoms with van der Waals surface area (Å²) in [6.45, 7) is 0. The van der Waals surface area contributed by atoms with E-state index in [0.717, 1.165) is 11.8 Å². The molecule has 2 bridgehead atoms. The molecular weight excluding hydrogens is 108 g/mol. The van der Waals surface area contributed by atoms with Crippen molar-refractivity contribution in [3.05, 3.63) is 0 Å². The predicted molar refractivity (Wildman–Crippen MR) is 30.5 cm³/mol. The molecular formula is C6H9Cl. The molecule has 1 atom stereocenters. The Hall–Kier alpha value is 0.290. The van der Waals surface area contributed by atoms with Crippen LogP contribution in [0.4, 0.5) is 0 Å². The third kappa shape index (κ3) is 0.436. The minimum atomic E-state index is 0.560. The molecule has 0 saturated heterocycles. The lowest BCUT2D eigenvalue weighted by Gasteiger charge is -2.22. The Morgan fingerprint density at radius 2 is 1.86 bits per heavy atom. The van der Waals surface area contributed by atoms with Gasteiger partial charge in [-0.15, -0.1) is 11.6 Å². The Bertz CT molecular complexity index is 84.2. The van der Waals surface area contributed by atoms with E-state index >= 15 is 0 Å². The van der Waals surface area contributed by atoms with Crippen LogP contribution in [-0.2, 0) is 0 Å². The molecule has 0 aromatic carbocycles. The summed E-state index contributed by atoms with van der Waals surface area (Å²) in [4.78, 5) is 0. The number of hydrogen-bond acceptors (Lipinski definition) is 0. The van der Waals surface area contributed by atoms with Crippen LogP contribution >= 0.6 is 11.6 Å². The van der Waals surface area contributed by atoms with Crippen LogP contribution < -0.4 is 0 Å². The van der Waals surface area contributed by atoms with Crippen LogP contribution in [0.5, 0.6) is 0 Å². The zero-order valence-corrected chi connectivity index (χ0v) is 4.99. The molecule has 0 nitrogen and oxygen atoms in total. The van der Waals surface area contributed by atoms with Crippen LogP contribution in [0.3, 0.4) is 0 Å². The summed E-state index contributed by atoms with van der Waals surface area (Å²) in [5.41, 5.74) is 0. The first-order valence-corrected chi connectivity index (χ1v) is 3.44. The molecule has 0 amide bonds. The molecule has 0 radical (unpaired) electrons. The maximum atomic E-state index is 5.90. The number of hydrogen-bond donors (Lipinski definition) is 0. The van der Waals surface area contributed by atoms with Crippen molar-refractivity contribution in [2.75, 3.05) is 0 Å². The van der Waals surface area contributed by atoms with Crippen molar-refractivity contribution in [1.82, 2.24) is 0 Å². The largest absolute Gasteiger partial charge is 0.123 e. The van der Waals surface area contributed by atoms with E-state index in [0.29, 0.717) is 5.38 Å². The number of halogens is 1. The monoisotopic (exact) mass is 116 g/mol.